The van der Waals surface area contributed by atoms with Gasteiger partial charge in [-0.15, -0.1) is 10.2 Å². The van der Waals surface area contributed by atoms with Crippen molar-refractivity contribution >= 4 is 43.4 Å². The van der Waals surface area contributed by atoms with Crippen molar-refractivity contribution in [3.63, 3.8) is 0 Å². The van der Waals surface area contributed by atoms with Crippen molar-refractivity contribution in [1.29, 1.82) is 0 Å². The van der Waals surface area contributed by atoms with E-state index in [0.29, 0.717) is 22.5 Å². The first-order valence-corrected chi connectivity index (χ1v) is 12.2. The monoisotopic (exact) mass is 541 g/mol. The number of hydrogen-bond donors (Lipinski definition) is 3. The van der Waals surface area contributed by atoms with Gasteiger partial charge in [-0.2, -0.15) is 5.21 Å². The van der Waals surface area contributed by atoms with Gasteiger partial charge in [-0.1, -0.05) is 40.2 Å². The Hall–Kier alpha value is -3.61. The number of tetrazole rings is 1. The fourth-order valence-corrected chi connectivity index (χ4v) is 4.53. The molecule has 0 aliphatic rings. The van der Waals surface area contributed by atoms with Crippen LogP contribution in [0.3, 0.4) is 0 Å². The van der Waals surface area contributed by atoms with Gasteiger partial charge in [-0.25, -0.2) is 17.5 Å². The van der Waals surface area contributed by atoms with E-state index in [4.69, 9.17) is 0 Å². The molecule has 0 aliphatic carbocycles. The number of benzene rings is 3. The van der Waals surface area contributed by atoms with Gasteiger partial charge in [0.25, 0.3) is 0 Å². The predicted molar refractivity (Wildman–Crippen MR) is 133 cm³/mol. The van der Waals surface area contributed by atoms with Crippen LogP contribution in [0.4, 0.5) is 16.2 Å². The summed E-state index contributed by atoms with van der Waals surface area (Å²) < 4.78 is 27.2. The van der Waals surface area contributed by atoms with Crippen molar-refractivity contribution in [2.45, 2.75) is 4.90 Å². The van der Waals surface area contributed by atoms with E-state index in [2.05, 4.69) is 47.2 Å². The molecule has 0 bridgehead atoms. The third kappa shape index (κ3) is 5.14. The number of rotatable bonds is 6. The summed E-state index contributed by atoms with van der Waals surface area (Å²) in [6.45, 7) is 0. The van der Waals surface area contributed by atoms with Crippen LogP contribution >= 0.6 is 15.9 Å². The minimum atomic E-state index is -3.65. The number of carbonyl (C=O) groups is 1. The number of hydrogen-bond acceptors (Lipinski definition) is 6. The lowest BCUT2D eigenvalue weighted by Crippen LogP contribution is -2.22. The van der Waals surface area contributed by atoms with Crippen molar-refractivity contribution in [1.82, 2.24) is 24.9 Å². The Morgan fingerprint density at radius 2 is 1.68 bits per heavy atom. The zero-order valence-electron chi connectivity index (χ0n) is 18.2. The Balaban J connectivity index is 1.60. The SMILES string of the molecule is CN(C)S(=O)(=O)c1ccc(-c2ccc(NC(=O)Nc3cccc(Br)c3)cc2)c(-c2nn[nH]n2)c1. The zero-order valence-corrected chi connectivity index (χ0v) is 20.6. The lowest BCUT2D eigenvalue weighted by atomic mass is 9.99. The van der Waals surface area contributed by atoms with Crippen LogP contribution in [0.2, 0.25) is 0 Å². The highest BCUT2D eigenvalue weighted by atomic mass is 79.9. The molecule has 1 heterocycles. The molecule has 174 valence electrons. The minimum absolute atomic E-state index is 0.114. The molecule has 34 heavy (non-hydrogen) atoms. The van der Waals surface area contributed by atoms with Crippen molar-refractivity contribution in [3.05, 3.63) is 71.2 Å². The maximum Gasteiger partial charge on any atom is 0.323 e. The quantitative estimate of drug-likeness (QED) is 0.335. The molecule has 0 saturated heterocycles. The highest BCUT2D eigenvalue weighted by Crippen LogP contribution is 2.33. The molecule has 0 aliphatic heterocycles. The fourth-order valence-electron chi connectivity index (χ4n) is 3.20. The van der Waals surface area contributed by atoms with E-state index in [-0.39, 0.29) is 16.8 Å². The maximum atomic E-state index is 12.6. The number of aromatic amines is 1. The maximum absolute atomic E-state index is 12.6. The fraction of sp³-hybridized carbons (Fsp3) is 0.0909. The summed E-state index contributed by atoms with van der Waals surface area (Å²) in [6, 6.07) is 18.8. The number of anilines is 2. The second-order valence-electron chi connectivity index (χ2n) is 7.40. The molecule has 0 radical (unpaired) electrons. The lowest BCUT2D eigenvalue weighted by Gasteiger charge is -2.14. The normalized spacial score (nSPS) is 11.4. The lowest BCUT2D eigenvalue weighted by molar-refractivity contribution is 0.262. The number of halogens is 1. The number of H-pyrrole nitrogens is 1. The molecule has 2 amide bonds. The first-order chi connectivity index (χ1) is 16.2. The van der Waals surface area contributed by atoms with Gasteiger partial charge in [0.05, 0.1) is 4.90 Å². The van der Waals surface area contributed by atoms with E-state index in [1.165, 1.54) is 26.2 Å². The van der Waals surface area contributed by atoms with Crippen LogP contribution in [-0.4, -0.2) is 53.5 Å². The number of urea groups is 1. The Morgan fingerprint density at radius 3 is 2.32 bits per heavy atom. The molecule has 0 spiro atoms. The summed E-state index contributed by atoms with van der Waals surface area (Å²) in [5.74, 6) is 0.265. The van der Waals surface area contributed by atoms with Crippen LogP contribution in [0.25, 0.3) is 22.5 Å². The number of aromatic nitrogens is 4. The number of sulfonamides is 1. The summed E-state index contributed by atoms with van der Waals surface area (Å²) in [5, 5.41) is 19.6. The largest absolute Gasteiger partial charge is 0.323 e. The Kier molecular flexibility index (Phi) is 6.72. The van der Waals surface area contributed by atoms with Gasteiger partial charge >= 0.3 is 6.03 Å². The smallest absolute Gasteiger partial charge is 0.308 e. The molecular weight excluding hydrogens is 522 g/mol. The topological polar surface area (TPSA) is 133 Å². The highest BCUT2D eigenvalue weighted by molar-refractivity contribution is 9.10. The second-order valence-corrected chi connectivity index (χ2v) is 10.5. The molecule has 10 nitrogen and oxygen atoms in total. The molecule has 0 unspecified atom stereocenters. The zero-order chi connectivity index (χ0) is 24.3. The van der Waals surface area contributed by atoms with Crippen molar-refractivity contribution < 1.29 is 13.2 Å². The minimum Gasteiger partial charge on any atom is -0.308 e. The molecule has 0 fully saturated rings. The van der Waals surface area contributed by atoms with Gasteiger partial charge in [0.2, 0.25) is 15.8 Å². The standard InChI is InChI=1S/C22H20BrN7O3S/c1-30(2)34(32,33)18-10-11-19(20(13-18)21-26-28-29-27-21)14-6-8-16(9-7-14)24-22(31)25-17-5-3-4-15(23)12-17/h3-13H,1-2H3,(H2,24,25,31)(H,26,27,28,29). The number of carbonyl (C=O) groups excluding carboxylic acids is 1. The van der Waals surface area contributed by atoms with E-state index >= 15 is 0 Å². The number of nitrogens with zero attached hydrogens (tertiary/aromatic N) is 4. The first-order valence-electron chi connectivity index (χ1n) is 9.98. The van der Waals surface area contributed by atoms with E-state index in [9.17, 15) is 13.2 Å². The molecule has 0 saturated carbocycles. The van der Waals surface area contributed by atoms with Crippen LogP contribution in [-0.2, 0) is 10.0 Å². The van der Waals surface area contributed by atoms with Crippen LogP contribution in [0.5, 0.6) is 0 Å². The van der Waals surface area contributed by atoms with E-state index in [0.717, 1.165) is 14.3 Å². The molecule has 0 atom stereocenters. The molecule has 3 aromatic carbocycles. The van der Waals surface area contributed by atoms with Gasteiger partial charge in [-0.05, 0) is 58.8 Å². The van der Waals surface area contributed by atoms with E-state index < -0.39 is 10.0 Å². The van der Waals surface area contributed by atoms with Gasteiger partial charge in [0.1, 0.15) is 0 Å². The van der Waals surface area contributed by atoms with Crippen LogP contribution < -0.4 is 10.6 Å². The first kappa shape index (κ1) is 23.5. The third-order valence-electron chi connectivity index (χ3n) is 4.89. The van der Waals surface area contributed by atoms with E-state index in [1.807, 2.05) is 24.3 Å². The summed E-state index contributed by atoms with van der Waals surface area (Å²) in [6.07, 6.45) is 0. The molecule has 4 rings (SSSR count). The average molecular weight is 542 g/mol. The van der Waals surface area contributed by atoms with Crippen LogP contribution in [0, 0.1) is 0 Å². The summed E-state index contributed by atoms with van der Waals surface area (Å²) in [7, 11) is -0.712. The van der Waals surface area contributed by atoms with Gasteiger partial charge < -0.3 is 10.6 Å². The van der Waals surface area contributed by atoms with E-state index in [1.54, 1.807) is 30.3 Å². The summed E-state index contributed by atoms with van der Waals surface area (Å²) >= 11 is 3.37. The van der Waals surface area contributed by atoms with Crippen molar-refractivity contribution in [2.24, 2.45) is 0 Å². The summed E-state index contributed by atoms with van der Waals surface area (Å²) in [4.78, 5) is 12.4. The molecule has 3 N–H and O–H groups in total. The predicted octanol–water partition coefficient (Wildman–Crippen LogP) is 4.19. The molecular formula is C22H20BrN7O3S. The van der Waals surface area contributed by atoms with Gasteiger partial charge in [0.15, 0.2) is 0 Å². The summed E-state index contributed by atoms with van der Waals surface area (Å²) in [5.41, 5.74) is 3.24. The molecule has 12 heteroatoms. The van der Waals surface area contributed by atoms with Gasteiger partial charge in [-0.3, -0.25) is 0 Å². The Morgan fingerprint density at radius 1 is 0.941 bits per heavy atom. The highest BCUT2D eigenvalue weighted by Gasteiger charge is 2.21. The number of amides is 2. The Labute approximate surface area is 204 Å². The average Bonchev–Trinajstić information content (AvgIpc) is 3.34. The van der Waals surface area contributed by atoms with Crippen molar-refractivity contribution in [3.8, 4) is 22.5 Å². The van der Waals surface area contributed by atoms with Crippen LogP contribution in [0.1, 0.15) is 0 Å². The van der Waals surface area contributed by atoms with Gasteiger partial charge in [0, 0.05) is 35.5 Å². The second kappa shape index (κ2) is 9.71. The molecule has 1 aromatic heterocycles. The molecule has 4 aromatic rings. The van der Waals surface area contributed by atoms with Crippen LogP contribution in [0.15, 0.2) is 76.1 Å². The Bertz CT molecular complexity index is 1420. The van der Waals surface area contributed by atoms with Crippen molar-refractivity contribution in [2.75, 3.05) is 24.7 Å². The number of nitrogens with one attached hydrogen (secondary N) is 3. The third-order valence-corrected chi connectivity index (χ3v) is 7.20.